The zero-order chi connectivity index (χ0) is 20.9. The van der Waals surface area contributed by atoms with Crippen molar-refractivity contribution in [2.24, 2.45) is 5.92 Å². The van der Waals surface area contributed by atoms with Crippen molar-refractivity contribution < 1.29 is 13.9 Å². The van der Waals surface area contributed by atoms with Gasteiger partial charge in [-0.05, 0) is 72.8 Å². The standard InChI is InChI=1S/C27H35FO2/c1-3-5-14-29-24-15-23-11-10-22(17-27(23)30-18-24)25-13-12-21(16-26(25)28)20-8-6-19(4-2)7-9-20/h10-13,16-17,19-20,24H,3-9,14-15,18H2,1-2H3. The molecule has 1 heterocycles. The third-order valence-corrected chi connectivity index (χ3v) is 6.99. The summed E-state index contributed by atoms with van der Waals surface area (Å²) in [5.74, 6) is 2.11. The van der Waals surface area contributed by atoms with E-state index < -0.39 is 0 Å². The first-order valence-corrected chi connectivity index (χ1v) is 11.8. The Morgan fingerprint density at radius 3 is 2.60 bits per heavy atom. The molecule has 2 aromatic carbocycles. The smallest absolute Gasteiger partial charge is 0.131 e. The number of fused-ring (bicyclic) bond motifs is 1. The van der Waals surface area contributed by atoms with E-state index in [2.05, 4.69) is 26.0 Å². The summed E-state index contributed by atoms with van der Waals surface area (Å²) in [6, 6.07) is 11.9. The summed E-state index contributed by atoms with van der Waals surface area (Å²) in [4.78, 5) is 0. The summed E-state index contributed by atoms with van der Waals surface area (Å²) in [5, 5.41) is 0. The predicted molar refractivity (Wildman–Crippen MR) is 121 cm³/mol. The molecular formula is C27H35FO2. The van der Waals surface area contributed by atoms with Gasteiger partial charge in [-0.1, -0.05) is 51.0 Å². The van der Waals surface area contributed by atoms with Gasteiger partial charge in [0.1, 0.15) is 18.2 Å². The molecule has 4 rings (SSSR count). The SMILES string of the molecule is CCCCOC1COc2cc(-c3ccc(C4CCC(CC)CC4)cc3F)ccc2C1. The van der Waals surface area contributed by atoms with Crippen molar-refractivity contribution in [2.45, 2.75) is 77.2 Å². The lowest BCUT2D eigenvalue weighted by Crippen LogP contribution is -2.29. The van der Waals surface area contributed by atoms with Gasteiger partial charge in [0.2, 0.25) is 0 Å². The van der Waals surface area contributed by atoms with Gasteiger partial charge in [-0.2, -0.15) is 0 Å². The van der Waals surface area contributed by atoms with Crippen molar-refractivity contribution in [2.75, 3.05) is 13.2 Å². The van der Waals surface area contributed by atoms with Crippen LogP contribution in [0.4, 0.5) is 4.39 Å². The van der Waals surface area contributed by atoms with Gasteiger partial charge in [0.15, 0.2) is 0 Å². The fourth-order valence-electron chi connectivity index (χ4n) is 4.94. The topological polar surface area (TPSA) is 18.5 Å². The van der Waals surface area contributed by atoms with Gasteiger partial charge >= 0.3 is 0 Å². The molecule has 0 bridgehead atoms. The molecule has 3 heteroatoms. The monoisotopic (exact) mass is 410 g/mol. The van der Waals surface area contributed by atoms with Crippen LogP contribution in [0.25, 0.3) is 11.1 Å². The summed E-state index contributed by atoms with van der Waals surface area (Å²) in [5.41, 5.74) is 3.86. The average molecular weight is 411 g/mol. The van der Waals surface area contributed by atoms with Crippen molar-refractivity contribution in [1.82, 2.24) is 0 Å². The van der Waals surface area contributed by atoms with Gasteiger partial charge in [0, 0.05) is 18.6 Å². The largest absolute Gasteiger partial charge is 0.491 e. The van der Waals surface area contributed by atoms with Crippen LogP contribution in [0.3, 0.4) is 0 Å². The summed E-state index contributed by atoms with van der Waals surface area (Å²) < 4.78 is 26.9. The van der Waals surface area contributed by atoms with Crippen LogP contribution in [-0.2, 0) is 11.2 Å². The van der Waals surface area contributed by atoms with Gasteiger partial charge < -0.3 is 9.47 Å². The van der Waals surface area contributed by atoms with Crippen LogP contribution in [0.15, 0.2) is 36.4 Å². The number of hydrogen-bond donors (Lipinski definition) is 0. The fraction of sp³-hybridized carbons (Fsp3) is 0.556. The second-order valence-corrected chi connectivity index (χ2v) is 9.05. The number of unbranched alkanes of at least 4 members (excludes halogenated alkanes) is 1. The third kappa shape index (κ3) is 4.88. The Kier molecular flexibility index (Phi) is 7.09. The maximum absolute atomic E-state index is 15.0. The van der Waals surface area contributed by atoms with E-state index in [0.717, 1.165) is 54.2 Å². The van der Waals surface area contributed by atoms with Crippen molar-refractivity contribution in [3.8, 4) is 16.9 Å². The van der Waals surface area contributed by atoms with Gasteiger partial charge in [0.25, 0.3) is 0 Å². The second kappa shape index (κ2) is 9.96. The summed E-state index contributed by atoms with van der Waals surface area (Å²) in [6.45, 7) is 5.80. The molecule has 1 saturated carbocycles. The molecule has 0 radical (unpaired) electrons. The number of benzene rings is 2. The van der Waals surface area contributed by atoms with Crippen LogP contribution < -0.4 is 4.74 Å². The normalized spacial score (nSPS) is 23.6. The molecule has 1 aliphatic carbocycles. The van der Waals surface area contributed by atoms with Crippen LogP contribution in [0.5, 0.6) is 5.75 Å². The lowest BCUT2D eigenvalue weighted by atomic mass is 9.77. The lowest BCUT2D eigenvalue weighted by Gasteiger charge is -2.28. The van der Waals surface area contributed by atoms with Crippen LogP contribution in [0.1, 0.15) is 75.8 Å². The van der Waals surface area contributed by atoms with E-state index in [1.807, 2.05) is 18.2 Å². The number of hydrogen-bond acceptors (Lipinski definition) is 2. The molecule has 1 fully saturated rings. The van der Waals surface area contributed by atoms with Gasteiger partial charge in [-0.15, -0.1) is 0 Å². The quantitative estimate of drug-likeness (QED) is 0.446. The van der Waals surface area contributed by atoms with E-state index >= 15 is 4.39 Å². The van der Waals surface area contributed by atoms with Crippen molar-refractivity contribution in [1.29, 1.82) is 0 Å². The molecular weight excluding hydrogens is 375 g/mol. The van der Waals surface area contributed by atoms with Crippen molar-refractivity contribution in [3.05, 3.63) is 53.3 Å². The zero-order valence-corrected chi connectivity index (χ0v) is 18.5. The lowest BCUT2D eigenvalue weighted by molar-refractivity contribution is 0.0101. The second-order valence-electron chi connectivity index (χ2n) is 9.05. The third-order valence-electron chi connectivity index (χ3n) is 6.99. The Bertz CT molecular complexity index is 839. The highest BCUT2D eigenvalue weighted by molar-refractivity contribution is 5.67. The van der Waals surface area contributed by atoms with Crippen molar-refractivity contribution in [3.63, 3.8) is 0 Å². The average Bonchev–Trinajstić information content (AvgIpc) is 2.79. The number of rotatable bonds is 7. The minimum absolute atomic E-state index is 0.119. The molecule has 2 nitrogen and oxygen atoms in total. The highest BCUT2D eigenvalue weighted by Crippen LogP contribution is 2.39. The molecule has 0 N–H and O–H groups in total. The number of ether oxygens (including phenoxy) is 2. The Morgan fingerprint density at radius 2 is 1.87 bits per heavy atom. The molecule has 1 unspecified atom stereocenters. The first-order chi connectivity index (χ1) is 14.7. The maximum Gasteiger partial charge on any atom is 0.131 e. The fourth-order valence-corrected chi connectivity index (χ4v) is 4.94. The van der Waals surface area contributed by atoms with Crippen molar-refractivity contribution >= 4 is 0 Å². The molecule has 1 aliphatic heterocycles. The molecule has 162 valence electrons. The minimum atomic E-state index is -0.123. The molecule has 0 saturated heterocycles. The highest BCUT2D eigenvalue weighted by Gasteiger charge is 2.23. The molecule has 0 aromatic heterocycles. The molecule has 2 aliphatic rings. The molecule has 0 spiro atoms. The molecule has 30 heavy (non-hydrogen) atoms. The van der Waals surface area contributed by atoms with Gasteiger partial charge in [-0.25, -0.2) is 4.39 Å². The molecule has 0 amide bonds. The van der Waals surface area contributed by atoms with E-state index in [0.29, 0.717) is 18.1 Å². The van der Waals surface area contributed by atoms with E-state index in [9.17, 15) is 0 Å². The predicted octanol–water partition coefficient (Wildman–Crippen LogP) is 7.30. The van der Waals surface area contributed by atoms with E-state index in [1.54, 1.807) is 6.07 Å². The number of halogens is 1. The summed E-state index contributed by atoms with van der Waals surface area (Å²) in [7, 11) is 0. The van der Waals surface area contributed by atoms with Crippen LogP contribution >= 0.6 is 0 Å². The molecule has 2 aromatic rings. The Labute approximate surface area is 180 Å². The van der Waals surface area contributed by atoms with Gasteiger partial charge in [-0.3, -0.25) is 0 Å². The van der Waals surface area contributed by atoms with Crippen LogP contribution in [-0.4, -0.2) is 19.3 Å². The minimum Gasteiger partial charge on any atom is -0.491 e. The van der Waals surface area contributed by atoms with E-state index in [-0.39, 0.29) is 11.9 Å². The van der Waals surface area contributed by atoms with E-state index in [4.69, 9.17) is 9.47 Å². The molecule has 1 atom stereocenters. The summed E-state index contributed by atoms with van der Waals surface area (Å²) >= 11 is 0. The van der Waals surface area contributed by atoms with Gasteiger partial charge in [0.05, 0.1) is 6.10 Å². The summed E-state index contributed by atoms with van der Waals surface area (Å²) in [6.07, 6.45) is 9.39. The maximum atomic E-state index is 15.0. The van der Waals surface area contributed by atoms with Crippen LogP contribution in [0, 0.1) is 11.7 Å². The van der Waals surface area contributed by atoms with E-state index in [1.165, 1.54) is 32.1 Å². The first kappa shape index (κ1) is 21.4. The Hall–Kier alpha value is -1.87. The highest BCUT2D eigenvalue weighted by atomic mass is 19.1. The Morgan fingerprint density at radius 1 is 1.03 bits per heavy atom. The Balaban J connectivity index is 1.45. The van der Waals surface area contributed by atoms with Crippen LogP contribution in [0.2, 0.25) is 0 Å². The first-order valence-electron chi connectivity index (χ1n) is 11.8. The zero-order valence-electron chi connectivity index (χ0n) is 18.5.